The monoisotopic (exact) mass is 1110 g/mol. The second-order valence-electron chi connectivity index (χ2n) is 22.7. The van der Waals surface area contributed by atoms with Crippen molar-refractivity contribution in [3.63, 3.8) is 0 Å². The summed E-state index contributed by atoms with van der Waals surface area (Å²) < 4.78 is 16.9. The first-order chi connectivity index (χ1) is 39.5. The zero-order chi connectivity index (χ0) is 57.8. The van der Waals surface area contributed by atoms with Gasteiger partial charge in [-0.25, -0.2) is 0 Å². The Kier molecular flexibility index (Phi) is 64.7. The lowest BCUT2D eigenvalue weighted by molar-refractivity contribution is -0.167. The molecule has 0 aliphatic carbocycles. The fraction of sp³-hybridized carbons (Fsp3) is 0.743. The minimum absolute atomic E-state index is 0.0798. The lowest BCUT2D eigenvalue weighted by Crippen LogP contribution is -2.30. The molecule has 0 fully saturated rings. The molecule has 6 nitrogen and oxygen atoms in total. The van der Waals surface area contributed by atoms with Crippen molar-refractivity contribution < 1.29 is 28.6 Å². The van der Waals surface area contributed by atoms with Crippen LogP contribution in [0.25, 0.3) is 0 Å². The Hall–Kier alpha value is -3.67. The molecule has 0 saturated heterocycles. The van der Waals surface area contributed by atoms with E-state index in [1.807, 2.05) is 0 Å². The van der Waals surface area contributed by atoms with Crippen LogP contribution in [0.4, 0.5) is 0 Å². The SMILES string of the molecule is CC/C=C\C/C=C\C/C=C\C/C=C\C/C=C\C/C=C\C/C=C\CCCCCCCCCCCC(=O)OCC(COC(=O)CCCCCCC/C=C\CCCCCC)OC(=O)CCCCCCCCCCCCCCCCCCCC. The first kappa shape index (κ1) is 76.3. The number of carbonyl (C=O) groups excluding carboxylic acids is 3. The maximum atomic E-state index is 12.9. The third-order valence-electron chi connectivity index (χ3n) is 14.8. The molecule has 0 saturated carbocycles. The Morgan fingerprint density at radius 1 is 0.263 bits per heavy atom. The van der Waals surface area contributed by atoms with Crippen LogP contribution < -0.4 is 0 Å². The first-order valence-electron chi connectivity index (χ1n) is 34.2. The quantitative estimate of drug-likeness (QED) is 0.0261. The van der Waals surface area contributed by atoms with E-state index in [4.69, 9.17) is 14.2 Å². The van der Waals surface area contributed by atoms with E-state index in [-0.39, 0.29) is 31.1 Å². The van der Waals surface area contributed by atoms with Gasteiger partial charge in [-0.1, -0.05) is 311 Å². The Bertz CT molecular complexity index is 1560. The molecular formula is C74H128O6. The van der Waals surface area contributed by atoms with Crippen molar-refractivity contribution >= 4 is 17.9 Å². The molecule has 0 aromatic heterocycles. The third kappa shape index (κ3) is 65.1. The van der Waals surface area contributed by atoms with Crippen molar-refractivity contribution in [2.75, 3.05) is 13.2 Å². The van der Waals surface area contributed by atoms with E-state index in [2.05, 4.69) is 118 Å². The van der Waals surface area contributed by atoms with Gasteiger partial charge in [-0.3, -0.25) is 14.4 Å². The molecule has 0 aromatic rings. The molecule has 460 valence electrons. The third-order valence-corrected chi connectivity index (χ3v) is 14.8. The van der Waals surface area contributed by atoms with Crippen molar-refractivity contribution in [1.82, 2.24) is 0 Å². The van der Waals surface area contributed by atoms with Crippen molar-refractivity contribution in [2.24, 2.45) is 0 Å². The highest BCUT2D eigenvalue weighted by molar-refractivity contribution is 5.71. The number of carbonyl (C=O) groups is 3. The molecule has 0 amide bonds. The van der Waals surface area contributed by atoms with E-state index in [1.54, 1.807) is 0 Å². The molecule has 0 aliphatic heterocycles. The molecule has 80 heavy (non-hydrogen) atoms. The number of esters is 3. The number of unbranched alkanes of at least 4 members (excludes halogenated alkanes) is 35. The topological polar surface area (TPSA) is 78.9 Å². The van der Waals surface area contributed by atoms with Crippen LogP contribution in [-0.2, 0) is 28.6 Å². The number of hydrogen-bond donors (Lipinski definition) is 0. The molecule has 0 heterocycles. The summed E-state index contributed by atoms with van der Waals surface area (Å²) in [6, 6.07) is 0. The Labute approximate surface area is 496 Å². The molecule has 6 heteroatoms. The Morgan fingerprint density at radius 3 is 0.787 bits per heavy atom. The van der Waals surface area contributed by atoms with Crippen LogP contribution in [0.5, 0.6) is 0 Å². The number of ether oxygens (including phenoxy) is 3. The van der Waals surface area contributed by atoms with Gasteiger partial charge in [0.2, 0.25) is 0 Å². The average Bonchev–Trinajstić information content (AvgIpc) is 3.46. The van der Waals surface area contributed by atoms with E-state index in [0.29, 0.717) is 19.3 Å². The predicted octanol–water partition coefficient (Wildman–Crippen LogP) is 23.6. The molecule has 1 unspecified atom stereocenters. The average molecular weight is 1110 g/mol. The summed E-state index contributed by atoms with van der Waals surface area (Å²) in [5.74, 6) is -0.878. The molecule has 0 aromatic carbocycles. The van der Waals surface area contributed by atoms with E-state index in [0.717, 1.165) is 116 Å². The van der Waals surface area contributed by atoms with Crippen LogP contribution in [0.1, 0.15) is 335 Å². The highest BCUT2D eigenvalue weighted by atomic mass is 16.6. The van der Waals surface area contributed by atoms with Crippen LogP contribution in [0.15, 0.2) is 97.2 Å². The standard InChI is InChI=1S/C74H128O6/c1-4-7-10-13-16-19-22-25-27-29-31-32-33-34-35-36-37-38-39-40-41-42-43-45-46-49-52-55-58-61-64-67-73(76)79-70-71(69-78-72(75)66-63-60-57-54-51-48-24-21-18-15-12-9-6-3)80-74(77)68-65-62-59-56-53-50-47-44-30-28-26-23-20-17-14-11-8-5-2/h7,10,16,19,21,24-25,27,31-32,34-35,37-38,40-41,71H,4-6,8-9,11-15,17-18,20,22-23,26,28-30,33,36,39,42-70H2,1-3H3/b10-7-,19-16-,24-21-,27-25-,32-31-,35-34-,38-37-,41-40-. The minimum atomic E-state index is -0.782. The summed E-state index contributed by atoms with van der Waals surface area (Å²) in [6.07, 6.45) is 91.4. The smallest absolute Gasteiger partial charge is 0.306 e. The summed E-state index contributed by atoms with van der Waals surface area (Å²) in [4.78, 5) is 38.4. The van der Waals surface area contributed by atoms with Crippen molar-refractivity contribution in [3.05, 3.63) is 97.2 Å². The summed E-state index contributed by atoms with van der Waals surface area (Å²) >= 11 is 0. The second-order valence-corrected chi connectivity index (χ2v) is 22.7. The van der Waals surface area contributed by atoms with Gasteiger partial charge in [-0.05, 0) is 103 Å². The molecule has 0 N–H and O–H groups in total. The number of rotatable bonds is 62. The van der Waals surface area contributed by atoms with E-state index in [9.17, 15) is 14.4 Å². The van der Waals surface area contributed by atoms with Crippen LogP contribution >= 0.6 is 0 Å². The second kappa shape index (κ2) is 67.8. The molecule has 0 spiro atoms. The van der Waals surface area contributed by atoms with Crippen molar-refractivity contribution in [2.45, 2.75) is 341 Å². The lowest BCUT2D eigenvalue weighted by atomic mass is 10.0. The first-order valence-corrected chi connectivity index (χ1v) is 34.2. The van der Waals surface area contributed by atoms with Gasteiger partial charge in [-0.2, -0.15) is 0 Å². The van der Waals surface area contributed by atoms with Crippen molar-refractivity contribution in [3.8, 4) is 0 Å². The van der Waals surface area contributed by atoms with E-state index >= 15 is 0 Å². The van der Waals surface area contributed by atoms with Crippen LogP contribution in [0, 0.1) is 0 Å². The molecule has 0 radical (unpaired) electrons. The van der Waals surface area contributed by atoms with Gasteiger partial charge in [0, 0.05) is 19.3 Å². The van der Waals surface area contributed by atoms with E-state index in [1.165, 1.54) is 180 Å². The summed E-state index contributed by atoms with van der Waals surface area (Å²) in [7, 11) is 0. The van der Waals surface area contributed by atoms with Crippen LogP contribution in [-0.4, -0.2) is 37.2 Å². The van der Waals surface area contributed by atoms with Gasteiger partial charge in [0.05, 0.1) is 0 Å². The summed E-state index contributed by atoms with van der Waals surface area (Å²) in [5.41, 5.74) is 0. The predicted molar refractivity (Wildman–Crippen MR) is 348 cm³/mol. The van der Waals surface area contributed by atoms with Gasteiger partial charge >= 0.3 is 17.9 Å². The zero-order valence-corrected chi connectivity index (χ0v) is 52.8. The van der Waals surface area contributed by atoms with Gasteiger partial charge in [0.1, 0.15) is 13.2 Å². The molecule has 0 rings (SSSR count). The Balaban J connectivity index is 4.27. The van der Waals surface area contributed by atoms with Gasteiger partial charge in [0.15, 0.2) is 6.10 Å². The molecular weight excluding hydrogens is 985 g/mol. The number of allylic oxidation sites excluding steroid dienone is 16. The molecule has 0 aliphatic rings. The summed E-state index contributed by atoms with van der Waals surface area (Å²) in [6.45, 7) is 6.54. The Morgan fingerprint density at radius 2 is 0.487 bits per heavy atom. The molecule has 1 atom stereocenters. The van der Waals surface area contributed by atoms with E-state index < -0.39 is 6.10 Å². The molecule has 0 bridgehead atoms. The van der Waals surface area contributed by atoms with Gasteiger partial charge < -0.3 is 14.2 Å². The summed E-state index contributed by atoms with van der Waals surface area (Å²) in [5, 5.41) is 0. The van der Waals surface area contributed by atoms with Gasteiger partial charge in [-0.15, -0.1) is 0 Å². The normalized spacial score (nSPS) is 12.7. The lowest BCUT2D eigenvalue weighted by Gasteiger charge is -2.18. The highest BCUT2D eigenvalue weighted by Gasteiger charge is 2.19. The zero-order valence-electron chi connectivity index (χ0n) is 52.8. The van der Waals surface area contributed by atoms with Crippen LogP contribution in [0.2, 0.25) is 0 Å². The van der Waals surface area contributed by atoms with Crippen LogP contribution in [0.3, 0.4) is 0 Å². The number of hydrogen-bond acceptors (Lipinski definition) is 6. The minimum Gasteiger partial charge on any atom is -0.462 e. The highest BCUT2D eigenvalue weighted by Crippen LogP contribution is 2.17. The maximum absolute atomic E-state index is 12.9. The van der Waals surface area contributed by atoms with Crippen molar-refractivity contribution in [1.29, 1.82) is 0 Å². The van der Waals surface area contributed by atoms with Gasteiger partial charge in [0.25, 0.3) is 0 Å². The largest absolute Gasteiger partial charge is 0.462 e. The fourth-order valence-electron chi connectivity index (χ4n) is 9.71. The maximum Gasteiger partial charge on any atom is 0.306 e. The fourth-order valence-corrected chi connectivity index (χ4v) is 9.71.